The Bertz CT molecular complexity index is 141. The molecule has 3 heteroatoms. The van der Waals surface area contributed by atoms with Gasteiger partial charge in [0.25, 0.3) is 0 Å². The van der Waals surface area contributed by atoms with E-state index in [0.717, 1.165) is 10.5 Å². The Hall–Kier alpha value is 0.917. The fourth-order valence-corrected chi connectivity index (χ4v) is 5.57. The topological polar surface area (TPSA) is 0 Å². The predicted octanol–water partition coefficient (Wildman–Crippen LogP) is 3.28. The van der Waals surface area contributed by atoms with Gasteiger partial charge in [0.1, 0.15) is 0 Å². The van der Waals surface area contributed by atoms with Crippen LogP contribution in [0.15, 0.2) is 0 Å². The molecule has 96 valence electrons. The van der Waals surface area contributed by atoms with Crippen molar-refractivity contribution >= 4 is 34.5 Å². The summed E-state index contributed by atoms with van der Waals surface area (Å²) >= 11 is 4.54. The van der Waals surface area contributed by atoms with Gasteiger partial charge in [-0.1, -0.05) is 25.7 Å². The summed E-state index contributed by atoms with van der Waals surface area (Å²) in [5.74, 6) is 2.87. The van der Waals surface area contributed by atoms with Crippen LogP contribution in [-0.4, -0.2) is 33.0 Å². The summed E-state index contributed by atoms with van der Waals surface area (Å²) in [5.41, 5.74) is 0. The van der Waals surface area contributed by atoms with Crippen LogP contribution < -0.4 is 0 Å². The Labute approximate surface area is 114 Å². The SMILES string of the molecule is C1CCSC(CC2CCCCCS2)CC1.[SiH4]. The van der Waals surface area contributed by atoms with E-state index in [-0.39, 0.29) is 11.0 Å². The molecule has 2 heterocycles. The van der Waals surface area contributed by atoms with Gasteiger partial charge in [0.2, 0.25) is 0 Å². The molecule has 0 saturated carbocycles. The zero-order chi connectivity index (χ0) is 10.3. The number of rotatable bonds is 2. The second-order valence-electron chi connectivity index (χ2n) is 4.92. The molecule has 0 aromatic rings. The highest BCUT2D eigenvalue weighted by Crippen LogP contribution is 2.34. The van der Waals surface area contributed by atoms with Crippen molar-refractivity contribution in [2.75, 3.05) is 11.5 Å². The van der Waals surface area contributed by atoms with Crippen LogP contribution in [0.5, 0.6) is 0 Å². The van der Waals surface area contributed by atoms with Gasteiger partial charge in [0.05, 0.1) is 0 Å². The van der Waals surface area contributed by atoms with Gasteiger partial charge in [0, 0.05) is 10.5 Å². The highest BCUT2D eigenvalue weighted by atomic mass is 32.2. The lowest BCUT2D eigenvalue weighted by Gasteiger charge is -2.20. The van der Waals surface area contributed by atoms with Crippen LogP contribution in [0, 0.1) is 0 Å². The third-order valence-corrected chi connectivity index (χ3v) is 6.42. The molecule has 2 aliphatic heterocycles. The molecule has 0 N–H and O–H groups in total. The Morgan fingerprint density at radius 2 is 1.19 bits per heavy atom. The minimum Gasteiger partial charge on any atom is -0.159 e. The summed E-state index contributed by atoms with van der Waals surface area (Å²) in [6, 6.07) is 0. The molecule has 0 aliphatic carbocycles. The van der Waals surface area contributed by atoms with Gasteiger partial charge in [-0.05, 0) is 54.6 Å². The highest BCUT2D eigenvalue weighted by molar-refractivity contribution is 8.00. The number of hydrogen-bond acceptors (Lipinski definition) is 2. The second-order valence-corrected chi connectivity index (χ2v) is 7.74. The molecule has 16 heavy (non-hydrogen) atoms. The maximum atomic E-state index is 2.27. The molecule has 0 spiro atoms. The monoisotopic (exact) mass is 276 g/mol. The maximum absolute atomic E-state index is 2.27. The molecule has 2 saturated heterocycles. The summed E-state index contributed by atoms with van der Waals surface area (Å²) in [6.07, 6.45) is 13.4. The Morgan fingerprint density at radius 1 is 0.688 bits per heavy atom. The van der Waals surface area contributed by atoms with E-state index in [1.807, 2.05) is 0 Å². The summed E-state index contributed by atoms with van der Waals surface area (Å²) in [6.45, 7) is 0. The normalized spacial score (nSPS) is 32.2. The van der Waals surface area contributed by atoms with Crippen LogP contribution in [-0.2, 0) is 0 Å². The smallest absolute Gasteiger partial charge is 0.00575 e. The summed E-state index contributed by atoms with van der Waals surface area (Å²) < 4.78 is 0. The Morgan fingerprint density at radius 3 is 1.69 bits per heavy atom. The Kier molecular flexibility index (Phi) is 8.36. The van der Waals surface area contributed by atoms with Crippen LogP contribution in [0.4, 0.5) is 0 Å². The van der Waals surface area contributed by atoms with Gasteiger partial charge in [0.15, 0.2) is 0 Å². The van der Waals surface area contributed by atoms with Crippen LogP contribution in [0.1, 0.15) is 57.8 Å². The second kappa shape index (κ2) is 8.93. The number of thioether (sulfide) groups is 2. The molecule has 0 radical (unpaired) electrons. The van der Waals surface area contributed by atoms with Crippen LogP contribution >= 0.6 is 23.5 Å². The van der Waals surface area contributed by atoms with Crippen molar-refractivity contribution in [2.45, 2.75) is 68.3 Å². The van der Waals surface area contributed by atoms with E-state index >= 15 is 0 Å². The number of hydrogen-bond donors (Lipinski definition) is 0. The van der Waals surface area contributed by atoms with Crippen LogP contribution in [0.3, 0.4) is 0 Å². The van der Waals surface area contributed by atoms with Gasteiger partial charge < -0.3 is 0 Å². The average molecular weight is 277 g/mol. The molecule has 2 unspecified atom stereocenters. The maximum Gasteiger partial charge on any atom is 0.00575 e. The molecule has 2 atom stereocenters. The third-order valence-electron chi connectivity index (χ3n) is 3.57. The predicted molar refractivity (Wildman–Crippen MR) is 85.4 cm³/mol. The van der Waals surface area contributed by atoms with E-state index in [1.54, 1.807) is 0 Å². The third kappa shape index (κ3) is 5.50. The van der Waals surface area contributed by atoms with Gasteiger partial charge in [-0.2, -0.15) is 23.5 Å². The first kappa shape index (κ1) is 15.0. The molecule has 0 amide bonds. The molecular weight excluding hydrogens is 248 g/mol. The highest BCUT2D eigenvalue weighted by Gasteiger charge is 2.19. The van der Waals surface area contributed by atoms with E-state index in [4.69, 9.17) is 0 Å². The molecule has 2 aliphatic rings. The Balaban J connectivity index is 0.00000128. The minimum atomic E-state index is 0. The molecule has 2 rings (SSSR count). The van der Waals surface area contributed by atoms with E-state index < -0.39 is 0 Å². The van der Waals surface area contributed by atoms with Gasteiger partial charge >= 0.3 is 0 Å². The van der Waals surface area contributed by atoms with Crippen LogP contribution in [0.2, 0.25) is 0 Å². The lowest BCUT2D eigenvalue weighted by molar-refractivity contribution is 0.592. The van der Waals surface area contributed by atoms with Crippen molar-refractivity contribution in [1.29, 1.82) is 0 Å². The van der Waals surface area contributed by atoms with Crippen LogP contribution in [0.25, 0.3) is 0 Å². The standard InChI is InChI=1S/C13H24S2.H4Si/c1-3-7-12(14-9-5-1)11-13-8-4-2-6-10-15-13;/h12-13H,1-11H2;1H4. The zero-order valence-corrected chi connectivity index (χ0v) is 11.4. The first-order chi connectivity index (χ1) is 7.45. The van der Waals surface area contributed by atoms with Crippen molar-refractivity contribution in [1.82, 2.24) is 0 Å². The van der Waals surface area contributed by atoms with E-state index in [9.17, 15) is 0 Å². The van der Waals surface area contributed by atoms with E-state index in [1.165, 1.54) is 69.3 Å². The van der Waals surface area contributed by atoms with Crippen molar-refractivity contribution in [2.24, 2.45) is 0 Å². The van der Waals surface area contributed by atoms with E-state index in [0.29, 0.717) is 0 Å². The minimum absolute atomic E-state index is 0. The zero-order valence-electron chi connectivity index (χ0n) is 9.75. The summed E-state index contributed by atoms with van der Waals surface area (Å²) in [4.78, 5) is 0. The van der Waals surface area contributed by atoms with Crippen molar-refractivity contribution in [3.63, 3.8) is 0 Å². The first-order valence-corrected chi connectivity index (χ1v) is 8.78. The largest absolute Gasteiger partial charge is 0.159 e. The first-order valence-electron chi connectivity index (χ1n) is 6.68. The fraction of sp³-hybridized carbons (Fsp3) is 1.00. The molecular formula is C13H28S2Si. The van der Waals surface area contributed by atoms with Gasteiger partial charge in [-0.25, -0.2) is 0 Å². The summed E-state index contributed by atoms with van der Waals surface area (Å²) in [7, 11) is 0. The van der Waals surface area contributed by atoms with Gasteiger partial charge in [-0.3, -0.25) is 0 Å². The van der Waals surface area contributed by atoms with Gasteiger partial charge in [-0.15, -0.1) is 0 Å². The molecule has 0 aromatic heterocycles. The molecule has 0 aromatic carbocycles. The lowest BCUT2D eigenvalue weighted by atomic mass is 10.1. The van der Waals surface area contributed by atoms with Crippen molar-refractivity contribution in [3.8, 4) is 0 Å². The van der Waals surface area contributed by atoms with Crippen molar-refractivity contribution < 1.29 is 0 Å². The molecule has 2 fully saturated rings. The fourth-order valence-electron chi connectivity index (χ4n) is 2.63. The lowest BCUT2D eigenvalue weighted by Crippen LogP contribution is -2.12. The van der Waals surface area contributed by atoms with E-state index in [2.05, 4.69) is 23.5 Å². The summed E-state index contributed by atoms with van der Waals surface area (Å²) in [5, 5.41) is 2.01. The van der Waals surface area contributed by atoms with Crippen molar-refractivity contribution in [3.05, 3.63) is 0 Å². The quantitative estimate of drug-likeness (QED) is 0.710. The average Bonchev–Trinajstić information content (AvgIpc) is 2.63. The molecule has 0 bridgehead atoms. The molecule has 0 nitrogen and oxygen atoms in total.